The standard InChI is InChI=1S/C26H23N5O4/c1-18(32)28-22-11-7-19(8-12-22)16-27-25(33)15-21-17-30(23-5-3-2-4-6-23)29-26(21)20-9-13-24(14-10-20)31(34)35/h2-14,17H,15-16H2,1H3,(H,27,33)(H,28,32). The van der Waals surface area contributed by atoms with E-state index in [0.717, 1.165) is 11.3 Å². The van der Waals surface area contributed by atoms with Crippen LogP contribution in [0.1, 0.15) is 18.1 Å². The van der Waals surface area contributed by atoms with E-state index in [-0.39, 0.29) is 23.9 Å². The van der Waals surface area contributed by atoms with E-state index in [1.165, 1.54) is 19.1 Å². The molecule has 9 nitrogen and oxygen atoms in total. The van der Waals surface area contributed by atoms with Crippen LogP contribution in [0.3, 0.4) is 0 Å². The first kappa shape index (κ1) is 23.4. The molecule has 2 amide bonds. The molecule has 4 rings (SSSR count). The van der Waals surface area contributed by atoms with Crippen LogP contribution in [0, 0.1) is 10.1 Å². The minimum Gasteiger partial charge on any atom is -0.352 e. The second-order valence-electron chi connectivity index (χ2n) is 7.92. The summed E-state index contributed by atoms with van der Waals surface area (Å²) in [6, 6.07) is 22.8. The lowest BCUT2D eigenvalue weighted by Gasteiger charge is -2.07. The maximum absolute atomic E-state index is 12.8. The SMILES string of the molecule is CC(=O)Nc1ccc(CNC(=O)Cc2cn(-c3ccccc3)nc2-c2ccc([N+](=O)[O-])cc2)cc1. The van der Waals surface area contributed by atoms with Gasteiger partial charge in [0.1, 0.15) is 0 Å². The summed E-state index contributed by atoms with van der Waals surface area (Å²) in [5.74, 6) is -0.336. The highest BCUT2D eigenvalue weighted by molar-refractivity contribution is 5.88. The summed E-state index contributed by atoms with van der Waals surface area (Å²) in [6.45, 7) is 1.78. The van der Waals surface area contributed by atoms with Gasteiger partial charge in [-0.15, -0.1) is 0 Å². The van der Waals surface area contributed by atoms with Crippen LogP contribution in [0.2, 0.25) is 0 Å². The van der Waals surface area contributed by atoms with Gasteiger partial charge >= 0.3 is 0 Å². The van der Waals surface area contributed by atoms with Crippen LogP contribution in [0.15, 0.2) is 85.1 Å². The number of nitrogens with zero attached hydrogens (tertiary/aromatic N) is 3. The molecule has 0 radical (unpaired) electrons. The van der Waals surface area contributed by atoms with Gasteiger partial charge in [0.25, 0.3) is 5.69 Å². The van der Waals surface area contributed by atoms with Crippen molar-refractivity contribution in [1.29, 1.82) is 0 Å². The molecule has 0 saturated carbocycles. The summed E-state index contributed by atoms with van der Waals surface area (Å²) >= 11 is 0. The van der Waals surface area contributed by atoms with Gasteiger partial charge in [-0.25, -0.2) is 4.68 Å². The first-order valence-electron chi connectivity index (χ1n) is 10.9. The number of nitro benzene ring substituents is 1. The molecule has 4 aromatic rings. The zero-order valence-corrected chi connectivity index (χ0v) is 19.0. The summed E-state index contributed by atoms with van der Waals surface area (Å²) < 4.78 is 1.69. The van der Waals surface area contributed by atoms with E-state index in [1.54, 1.807) is 35.1 Å². The van der Waals surface area contributed by atoms with E-state index < -0.39 is 4.92 Å². The molecule has 0 aliphatic carbocycles. The van der Waals surface area contributed by atoms with E-state index in [4.69, 9.17) is 0 Å². The van der Waals surface area contributed by atoms with Gasteiger partial charge in [0.2, 0.25) is 11.8 Å². The summed E-state index contributed by atoms with van der Waals surface area (Å²) in [5.41, 5.74) is 4.36. The summed E-state index contributed by atoms with van der Waals surface area (Å²) in [6.07, 6.45) is 1.89. The Hall–Kier alpha value is -4.79. The number of nitro groups is 1. The van der Waals surface area contributed by atoms with Crippen LogP contribution >= 0.6 is 0 Å². The lowest BCUT2D eigenvalue weighted by Crippen LogP contribution is -2.24. The van der Waals surface area contributed by atoms with Gasteiger partial charge in [-0.05, 0) is 42.0 Å². The second-order valence-corrected chi connectivity index (χ2v) is 7.92. The fraction of sp³-hybridized carbons (Fsp3) is 0.115. The monoisotopic (exact) mass is 469 g/mol. The van der Waals surface area contributed by atoms with Gasteiger partial charge in [-0.3, -0.25) is 19.7 Å². The Balaban J connectivity index is 1.52. The zero-order valence-electron chi connectivity index (χ0n) is 19.0. The minimum atomic E-state index is -0.455. The molecule has 0 bridgehead atoms. The molecular weight excluding hydrogens is 446 g/mol. The predicted octanol–water partition coefficient (Wildman–Crippen LogP) is 4.26. The summed E-state index contributed by atoms with van der Waals surface area (Å²) in [7, 11) is 0. The molecule has 1 aromatic heterocycles. The smallest absolute Gasteiger partial charge is 0.269 e. The molecule has 2 N–H and O–H groups in total. The fourth-order valence-electron chi connectivity index (χ4n) is 3.58. The molecule has 0 aliphatic heterocycles. The predicted molar refractivity (Wildman–Crippen MR) is 132 cm³/mol. The molecule has 1 heterocycles. The molecule has 9 heteroatoms. The highest BCUT2D eigenvalue weighted by Crippen LogP contribution is 2.26. The van der Waals surface area contributed by atoms with Gasteiger partial charge in [0.05, 0.1) is 22.7 Å². The van der Waals surface area contributed by atoms with Gasteiger partial charge in [-0.1, -0.05) is 30.3 Å². The zero-order chi connectivity index (χ0) is 24.8. The van der Waals surface area contributed by atoms with E-state index >= 15 is 0 Å². The van der Waals surface area contributed by atoms with E-state index in [2.05, 4.69) is 15.7 Å². The third-order valence-corrected chi connectivity index (χ3v) is 5.28. The number of carbonyl (C=O) groups is 2. The lowest BCUT2D eigenvalue weighted by atomic mass is 10.1. The molecular formula is C26H23N5O4. The van der Waals surface area contributed by atoms with Crippen LogP contribution in [-0.4, -0.2) is 26.5 Å². The van der Waals surface area contributed by atoms with Crippen molar-refractivity contribution in [2.75, 3.05) is 5.32 Å². The number of benzene rings is 3. The number of hydrogen-bond donors (Lipinski definition) is 2. The summed E-state index contributed by atoms with van der Waals surface area (Å²) in [5, 5.41) is 21.3. The minimum absolute atomic E-state index is 0.0138. The average Bonchev–Trinajstić information content (AvgIpc) is 3.27. The highest BCUT2D eigenvalue weighted by atomic mass is 16.6. The van der Waals surface area contributed by atoms with E-state index in [0.29, 0.717) is 29.1 Å². The van der Waals surface area contributed by atoms with Crippen molar-refractivity contribution >= 4 is 23.2 Å². The van der Waals surface area contributed by atoms with Crippen molar-refractivity contribution in [3.05, 3.63) is 106 Å². The van der Waals surface area contributed by atoms with Crippen LogP contribution in [0.25, 0.3) is 16.9 Å². The second kappa shape index (κ2) is 10.4. The number of nitrogens with one attached hydrogen (secondary N) is 2. The first-order valence-corrected chi connectivity index (χ1v) is 10.9. The number of para-hydroxylation sites is 1. The topological polar surface area (TPSA) is 119 Å². The van der Waals surface area contributed by atoms with E-state index in [1.807, 2.05) is 42.5 Å². The molecule has 0 atom stereocenters. The number of aromatic nitrogens is 2. The Bertz CT molecular complexity index is 1350. The molecule has 0 fully saturated rings. The average molecular weight is 470 g/mol. The Morgan fingerprint density at radius 2 is 1.66 bits per heavy atom. The maximum Gasteiger partial charge on any atom is 0.269 e. The van der Waals surface area contributed by atoms with Crippen molar-refractivity contribution in [3.8, 4) is 16.9 Å². The molecule has 0 unspecified atom stereocenters. The fourth-order valence-corrected chi connectivity index (χ4v) is 3.58. The third kappa shape index (κ3) is 5.97. The third-order valence-electron chi connectivity index (χ3n) is 5.28. The van der Waals surface area contributed by atoms with Crippen molar-refractivity contribution in [2.45, 2.75) is 19.9 Å². The molecule has 35 heavy (non-hydrogen) atoms. The number of carbonyl (C=O) groups excluding carboxylic acids is 2. The Morgan fingerprint density at radius 1 is 0.971 bits per heavy atom. The van der Waals surface area contributed by atoms with Crippen molar-refractivity contribution in [2.24, 2.45) is 0 Å². The number of hydrogen-bond acceptors (Lipinski definition) is 5. The van der Waals surface area contributed by atoms with Crippen LogP contribution < -0.4 is 10.6 Å². The Morgan fingerprint density at radius 3 is 2.29 bits per heavy atom. The molecule has 3 aromatic carbocycles. The molecule has 0 aliphatic rings. The van der Waals surface area contributed by atoms with Gasteiger partial charge in [-0.2, -0.15) is 5.10 Å². The highest BCUT2D eigenvalue weighted by Gasteiger charge is 2.16. The Labute approximate surface area is 201 Å². The molecule has 0 saturated heterocycles. The van der Waals surface area contributed by atoms with Crippen molar-refractivity contribution in [1.82, 2.24) is 15.1 Å². The number of anilines is 1. The quantitative estimate of drug-likeness (QED) is 0.295. The first-order chi connectivity index (χ1) is 16.9. The summed E-state index contributed by atoms with van der Waals surface area (Å²) in [4.78, 5) is 34.5. The largest absolute Gasteiger partial charge is 0.352 e. The van der Waals surface area contributed by atoms with Gasteiger partial charge < -0.3 is 10.6 Å². The normalized spacial score (nSPS) is 10.5. The van der Waals surface area contributed by atoms with Gasteiger partial charge in [0, 0.05) is 48.6 Å². The van der Waals surface area contributed by atoms with Crippen LogP contribution in [0.5, 0.6) is 0 Å². The van der Waals surface area contributed by atoms with Crippen molar-refractivity contribution < 1.29 is 14.5 Å². The Kier molecular flexibility index (Phi) is 6.96. The van der Waals surface area contributed by atoms with E-state index in [9.17, 15) is 19.7 Å². The number of rotatable bonds is 8. The number of non-ortho nitro benzene ring substituents is 1. The van der Waals surface area contributed by atoms with Gasteiger partial charge in [0.15, 0.2) is 0 Å². The lowest BCUT2D eigenvalue weighted by molar-refractivity contribution is -0.384. The number of amides is 2. The van der Waals surface area contributed by atoms with Crippen LogP contribution in [-0.2, 0) is 22.6 Å². The molecule has 176 valence electrons. The molecule has 0 spiro atoms. The van der Waals surface area contributed by atoms with Crippen molar-refractivity contribution in [3.63, 3.8) is 0 Å². The maximum atomic E-state index is 12.8. The van der Waals surface area contributed by atoms with Crippen LogP contribution in [0.4, 0.5) is 11.4 Å².